The number of rotatable bonds is 7. The van der Waals surface area contributed by atoms with E-state index < -0.39 is 12.1 Å². The van der Waals surface area contributed by atoms with Gasteiger partial charge in [-0.05, 0) is 38.9 Å². The highest BCUT2D eigenvalue weighted by molar-refractivity contribution is 5.74. The summed E-state index contributed by atoms with van der Waals surface area (Å²) in [6.45, 7) is 2.99. The summed E-state index contributed by atoms with van der Waals surface area (Å²) in [6.07, 6.45) is 1.57. The van der Waals surface area contributed by atoms with E-state index in [-0.39, 0.29) is 19.0 Å². The molecule has 0 aliphatic carbocycles. The first-order valence-electron chi connectivity index (χ1n) is 6.96. The van der Waals surface area contributed by atoms with Crippen molar-refractivity contribution in [3.63, 3.8) is 0 Å². The van der Waals surface area contributed by atoms with Crippen molar-refractivity contribution in [2.24, 2.45) is 5.92 Å². The number of piperidine rings is 1. The van der Waals surface area contributed by atoms with Gasteiger partial charge in [-0.2, -0.15) is 0 Å². The molecule has 3 N–H and O–H groups in total. The standard InChI is InChI=1S/C13H25N3O4/c1-16-5-3-10(4-6-16)8-14-13(19)15-9-11(20-2)7-12(17)18/h10-11H,3-9H2,1-2H3,(H,17,18)(H2,14,15,19). The van der Waals surface area contributed by atoms with Gasteiger partial charge >= 0.3 is 12.0 Å². The Kier molecular flexibility index (Phi) is 7.32. The van der Waals surface area contributed by atoms with Gasteiger partial charge in [0.2, 0.25) is 0 Å². The van der Waals surface area contributed by atoms with Crippen LogP contribution in [0.5, 0.6) is 0 Å². The van der Waals surface area contributed by atoms with Gasteiger partial charge in [0.05, 0.1) is 12.5 Å². The van der Waals surface area contributed by atoms with Gasteiger partial charge in [0.1, 0.15) is 0 Å². The van der Waals surface area contributed by atoms with Crippen LogP contribution < -0.4 is 10.6 Å². The Morgan fingerprint density at radius 1 is 1.35 bits per heavy atom. The number of hydrogen-bond donors (Lipinski definition) is 3. The normalized spacial score (nSPS) is 18.5. The molecule has 0 radical (unpaired) electrons. The van der Waals surface area contributed by atoms with Crippen molar-refractivity contribution in [3.8, 4) is 0 Å². The number of urea groups is 1. The van der Waals surface area contributed by atoms with Crippen LogP contribution in [-0.4, -0.2) is 68.4 Å². The number of likely N-dealkylation sites (tertiary alicyclic amines) is 1. The molecular formula is C13H25N3O4. The number of amides is 2. The lowest BCUT2D eigenvalue weighted by molar-refractivity contribution is -0.139. The van der Waals surface area contributed by atoms with Crippen LogP contribution in [0.15, 0.2) is 0 Å². The topological polar surface area (TPSA) is 90.9 Å². The number of carboxylic acids is 1. The van der Waals surface area contributed by atoms with Crippen molar-refractivity contribution in [3.05, 3.63) is 0 Å². The molecule has 0 saturated carbocycles. The number of hydrogen-bond acceptors (Lipinski definition) is 4. The van der Waals surface area contributed by atoms with Gasteiger partial charge in [0.25, 0.3) is 0 Å². The zero-order valence-corrected chi connectivity index (χ0v) is 12.2. The molecule has 7 heteroatoms. The molecule has 1 fully saturated rings. The minimum absolute atomic E-state index is 0.119. The third-order valence-electron chi connectivity index (χ3n) is 3.62. The maximum atomic E-state index is 11.6. The molecule has 1 unspecified atom stereocenters. The monoisotopic (exact) mass is 287 g/mol. The largest absolute Gasteiger partial charge is 0.481 e. The summed E-state index contributed by atoms with van der Waals surface area (Å²) < 4.78 is 4.99. The van der Waals surface area contributed by atoms with Gasteiger partial charge in [-0.15, -0.1) is 0 Å². The fourth-order valence-corrected chi connectivity index (χ4v) is 2.21. The van der Waals surface area contributed by atoms with Crippen LogP contribution in [0, 0.1) is 5.92 Å². The van der Waals surface area contributed by atoms with E-state index in [0.717, 1.165) is 25.9 Å². The van der Waals surface area contributed by atoms with Crippen molar-refractivity contribution in [2.45, 2.75) is 25.4 Å². The second kappa shape index (κ2) is 8.76. The van der Waals surface area contributed by atoms with E-state index >= 15 is 0 Å². The number of carbonyl (C=O) groups is 2. The third-order valence-corrected chi connectivity index (χ3v) is 3.62. The van der Waals surface area contributed by atoms with Gasteiger partial charge in [-0.1, -0.05) is 0 Å². The number of carbonyl (C=O) groups excluding carboxylic acids is 1. The lowest BCUT2D eigenvalue weighted by Crippen LogP contribution is -2.43. The summed E-state index contributed by atoms with van der Waals surface area (Å²) in [4.78, 5) is 24.5. The minimum Gasteiger partial charge on any atom is -0.481 e. The van der Waals surface area contributed by atoms with Crippen LogP contribution in [0.4, 0.5) is 4.79 Å². The van der Waals surface area contributed by atoms with E-state index in [2.05, 4.69) is 22.6 Å². The zero-order chi connectivity index (χ0) is 15.0. The Morgan fingerprint density at radius 3 is 2.55 bits per heavy atom. The molecule has 1 saturated heterocycles. The van der Waals surface area contributed by atoms with E-state index in [4.69, 9.17) is 9.84 Å². The molecule has 0 aromatic heterocycles. The Hall–Kier alpha value is -1.34. The summed E-state index contributed by atoms with van der Waals surface area (Å²) in [7, 11) is 3.54. The molecule has 7 nitrogen and oxygen atoms in total. The highest BCUT2D eigenvalue weighted by atomic mass is 16.5. The maximum Gasteiger partial charge on any atom is 0.314 e. The predicted molar refractivity (Wildman–Crippen MR) is 74.7 cm³/mol. The zero-order valence-electron chi connectivity index (χ0n) is 12.2. The number of ether oxygens (including phenoxy) is 1. The van der Waals surface area contributed by atoms with Crippen molar-refractivity contribution < 1.29 is 19.4 Å². The first-order chi connectivity index (χ1) is 9.51. The molecule has 0 spiro atoms. The van der Waals surface area contributed by atoms with Crippen LogP contribution in [0.25, 0.3) is 0 Å². The molecule has 1 heterocycles. The molecule has 0 bridgehead atoms. The Balaban J connectivity index is 2.15. The Morgan fingerprint density at radius 2 is 2.00 bits per heavy atom. The number of nitrogens with zero attached hydrogens (tertiary/aromatic N) is 1. The second-order valence-corrected chi connectivity index (χ2v) is 5.29. The summed E-state index contributed by atoms with van der Waals surface area (Å²) in [6, 6.07) is -0.267. The highest BCUT2D eigenvalue weighted by Crippen LogP contribution is 2.14. The van der Waals surface area contributed by atoms with Crippen molar-refractivity contribution in [1.29, 1.82) is 0 Å². The first kappa shape index (κ1) is 16.7. The summed E-state index contributed by atoms with van der Waals surface area (Å²) in [5.74, 6) is -0.417. The van der Waals surface area contributed by atoms with E-state index in [1.54, 1.807) is 0 Å². The van der Waals surface area contributed by atoms with Gasteiger partial charge in [0, 0.05) is 20.2 Å². The lowest BCUT2D eigenvalue weighted by Gasteiger charge is -2.29. The summed E-state index contributed by atoms with van der Waals surface area (Å²) >= 11 is 0. The molecule has 0 aromatic rings. The Bertz CT molecular complexity index is 317. The average molecular weight is 287 g/mol. The van der Waals surface area contributed by atoms with E-state index in [1.807, 2.05) is 0 Å². The van der Waals surface area contributed by atoms with Crippen molar-refractivity contribution in [1.82, 2.24) is 15.5 Å². The number of methoxy groups -OCH3 is 1. The smallest absolute Gasteiger partial charge is 0.314 e. The molecular weight excluding hydrogens is 262 g/mol. The summed E-state index contributed by atoms with van der Waals surface area (Å²) in [5.41, 5.74) is 0. The van der Waals surface area contributed by atoms with Crippen molar-refractivity contribution in [2.75, 3.05) is 40.3 Å². The van der Waals surface area contributed by atoms with Crippen LogP contribution in [0.3, 0.4) is 0 Å². The fraction of sp³-hybridized carbons (Fsp3) is 0.846. The molecule has 1 atom stereocenters. The molecule has 1 aliphatic rings. The molecule has 1 aliphatic heterocycles. The van der Waals surface area contributed by atoms with Crippen LogP contribution >= 0.6 is 0 Å². The lowest BCUT2D eigenvalue weighted by atomic mass is 9.97. The van der Waals surface area contributed by atoms with Crippen LogP contribution in [0.1, 0.15) is 19.3 Å². The SMILES string of the molecule is COC(CNC(=O)NCC1CCN(C)CC1)CC(=O)O. The highest BCUT2D eigenvalue weighted by Gasteiger charge is 2.18. The molecule has 116 valence electrons. The van der Waals surface area contributed by atoms with E-state index in [1.165, 1.54) is 7.11 Å². The van der Waals surface area contributed by atoms with Gasteiger partial charge < -0.3 is 25.4 Å². The second-order valence-electron chi connectivity index (χ2n) is 5.29. The minimum atomic E-state index is -0.939. The molecule has 1 rings (SSSR count). The molecule has 20 heavy (non-hydrogen) atoms. The van der Waals surface area contributed by atoms with Crippen molar-refractivity contribution >= 4 is 12.0 Å². The fourth-order valence-electron chi connectivity index (χ4n) is 2.21. The Labute approximate surface area is 119 Å². The molecule has 0 aromatic carbocycles. The number of aliphatic carboxylic acids is 1. The van der Waals surface area contributed by atoms with Gasteiger partial charge in [-0.25, -0.2) is 4.79 Å². The maximum absolute atomic E-state index is 11.6. The third kappa shape index (κ3) is 6.72. The van der Waals surface area contributed by atoms with Crippen LogP contribution in [0.2, 0.25) is 0 Å². The average Bonchev–Trinajstić information content (AvgIpc) is 2.42. The van der Waals surface area contributed by atoms with Gasteiger partial charge in [-0.3, -0.25) is 4.79 Å². The molecule has 2 amide bonds. The number of nitrogens with one attached hydrogen (secondary N) is 2. The van der Waals surface area contributed by atoms with E-state index in [0.29, 0.717) is 12.5 Å². The van der Waals surface area contributed by atoms with E-state index in [9.17, 15) is 9.59 Å². The summed E-state index contributed by atoms with van der Waals surface area (Å²) in [5, 5.41) is 14.1. The first-order valence-corrected chi connectivity index (χ1v) is 6.96. The van der Waals surface area contributed by atoms with Crippen LogP contribution in [-0.2, 0) is 9.53 Å². The van der Waals surface area contributed by atoms with Gasteiger partial charge in [0.15, 0.2) is 0 Å². The predicted octanol–water partition coefficient (Wildman–Crippen LogP) is 0.117. The quantitative estimate of drug-likeness (QED) is 0.618. The number of carboxylic acid groups (broad SMARTS) is 1.